The Morgan fingerprint density at radius 2 is 2.60 bits per heavy atom. The van der Waals surface area contributed by atoms with Crippen molar-refractivity contribution in [1.82, 2.24) is 4.90 Å². The summed E-state index contributed by atoms with van der Waals surface area (Å²) in [5, 5.41) is 0.439. The fourth-order valence-corrected chi connectivity index (χ4v) is 2.70. The second kappa shape index (κ2) is 2.27. The lowest BCUT2D eigenvalue weighted by Crippen LogP contribution is -2.48. The largest absolute Gasteiger partial charge is 0.305 e. The summed E-state index contributed by atoms with van der Waals surface area (Å²) in [5.41, 5.74) is 0. The van der Waals surface area contributed by atoms with E-state index in [0.717, 1.165) is 16.7 Å². The number of thioether (sulfide) groups is 1. The summed E-state index contributed by atoms with van der Waals surface area (Å²) in [4.78, 5) is 12.6. The second-order valence-corrected chi connectivity index (χ2v) is 4.53. The molecule has 0 aromatic heterocycles. The van der Waals surface area contributed by atoms with Crippen LogP contribution in [0, 0.1) is 0 Å². The highest BCUT2D eigenvalue weighted by Crippen LogP contribution is 2.36. The number of carbonyl (C=O) groups is 1. The molecule has 0 spiro atoms. The highest BCUT2D eigenvalue weighted by molar-refractivity contribution is 9.11. The Morgan fingerprint density at radius 3 is 3.20 bits per heavy atom. The van der Waals surface area contributed by atoms with E-state index in [1.807, 2.05) is 18.0 Å². The maximum Gasteiger partial charge on any atom is 0.230 e. The lowest BCUT2D eigenvalue weighted by Gasteiger charge is -2.40. The monoisotopic (exact) mass is 219 g/mol. The Labute approximate surface area is 71.8 Å². The predicted octanol–water partition coefficient (Wildman–Crippen LogP) is 1.53. The molecule has 2 heterocycles. The summed E-state index contributed by atoms with van der Waals surface area (Å²) in [6, 6.07) is 0. The first kappa shape index (κ1) is 6.73. The molecule has 4 heteroatoms. The molecule has 1 fully saturated rings. The molecule has 10 heavy (non-hydrogen) atoms. The molecular formula is C6H6BrNOS. The number of β-lactam (4-membered cyclic amide) rings is 1. The van der Waals surface area contributed by atoms with Crippen molar-refractivity contribution in [1.29, 1.82) is 0 Å². The molecule has 1 unspecified atom stereocenters. The zero-order valence-corrected chi connectivity index (χ0v) is 7.61. The SMILES string of the molecule is O=C1CC2SCC(Br)=CN12. The lowest BCUT2D eigenvalue weighted by molar-refractivity contribution is -0.137. The van der Waals surface area contributed by atoms with Gasteiger partial charge in [0.15, 0.2) is 0 Å². The van der Waals surface area contributed by atoms with Gasteiger partial charge >= 0.3 is 0 Å². The van der Waals surface area contributed by atoms with Gasteiger partial charge in [-0.2, -0.15) is 0 Å². The smallest absolute Gasteiger partial charge is 0.230 e. The van der Waals surface area contributed by atoms with E-state index in [1.54, 1.807) is 4.90 Å². The van der Waals surface area contributed by atoms with Gasteiger partial charge in [0.1, 0.15) is 0 Å². The van der Waals surface area contributed by atoms with E-state index in [2.05, 4.69) is 15.9 Å². The van der Waals surface area contributed by atoms with E-state index in [1.165, 1.54) is 0 Å². The first-order valence-corrected chi connectivity index (χ1v) is 4.90. The third-order valence-electron chi connectivity index (χ3n) is 1.64. The van der Waals surface area contributed by atoms with Gasteiger partial charge in [0, 0.05) is 16.4 Å². The average molecular weight is 220 g/mol. The minimum Gasteiger partial charge on any atom is -0.305 e. The van der Waals surface area contributed by atoms with Crippen LogP contribution in [0.15, 0.2) is 10.7 Å². The summed E-state index contributed by atoms with van der Waals surface area (Å²) in [7, 11) is 0. The van der Waals surface area contributed by atoms with Crippen molar-refractivity contribution in [3.05, 3.63) is 10.7 Å². The van der Waals surface area contributed by atoms with E-state index in [-0.39, 0.29) is 5.91 Å². The second-order valence-electron chi connectivity index (χ2n) is 2.35. The fraction of sp³-hybridized carbons (Fsp3) is 0.500. The Morgan fingerprint density at radius 1 is 1.80 bits per heavy atom. The Kier molecular flexibility index (Phi) is 1.53. The summed E-state index contributed by atoms with van der Waals surface area (Å²) < 4.78 is 1.11. The number of amides is 1. The topological polar surface area (TPSA) is 20.3 Å². The van der Waals surface area contributed by atoms with Gasteiger partial charge in [0.2, 0.25) is 5.91 Å². The van der Waals surface area contributed by atoms with Gasteiger partial charge in [-0.25, -0.2) is 0 Å². The van der Waals surface area contributed by atoms with E-state index in [9.17, 15) is 4.79 Å². The van der Waals surface area contributed by atoms with Gasteiger partial charge in [-0.3, -0.25) is 4.79 Å². The number of hydrogen-bond donors (Lipinski definition) is 0. The van der Waals surface area contributed by atoms with Gasteiger partial charge in [0.25, 0.3) is 0 Å². The molecule has 0 aliphatic carbocycles. The van der Waals surface area contributed by atoms with Crippen LogP contribution in [0.4, 0.5) is 0 Å². The quantitative estimate of drug-likeness (QED) is 0.577. The van der Waals surface area contributed by atoms with Crippen LogP contribution in [0.25, 0.3) is 0 Å². The minimum atomic E-state index is 0.245. The maximum atomic E-state index is 10.9. The molecule has 2 rings (SSSR count). The minimum absolute atomic E-state index is 0.245. The van der Waals surface area contributed by atoms with Crippen molar-refractivity contribution in [3.8, 4) is 0 Å². The van der Waals surface area contributed by atoms with Crippen LogP contribution in [0.1, 0.15) is 6.42 Å². The molecule has 0 N–H and O–H groups in total. The summed E-state index contributed by atoms with van der Waals surface area (Å²) in [5.74, 6) is 1.25. The lowest BCUT2D eigenvalue weighted by atomic mass is 10.2. The Bertz CT molecular complexity index is 216. The van der Waals surface area contributed by atoms with Crippen molar-refractivity contribution in [3.63, 3.8) is 0 Å². The molecule has 0 bridgehead atoms. The number of rotatable bonds is 0. The predicted molar refractivity (Wildman–Crippen MR) is 44.7 cm³/mol. The number of nitrogens with zero attached hydrogens (tertiary/aromatic N) is 1. The van der Waals surface area contributed by atoms with E-state index in [4.69, 9.17) is 0 Å². The van der Waals surface area contributed by atoms with Crippen LogP contribution in [-0.4, -0.2) is 21.9 Å². The van der Waals surface area contributed by atoms with Crippen LogP contribution in [0.2, 0.25) is 0 Å². The standard InChI is InChI=1S/C6H6BrNOS/c7-4-2-8-5(9)1-6(8)10-3-4/h2,6H,1,3H2. The molecule has 1 amide bonds. The van der Waals surface area contributed by atoms with E-state index in [0.29, 0.717) is 5.37 Å². The van der Waals surface area contributed by atoms with Gasteiger partial charge in [-0.15, -0.1) is 11.8 Å². The molecule has 0 aromatic rings. The van der Waals surface area contributed by atoms with E-state index >= 15 is 0 Å². The number of fused-ring (bicyclic) bond motifs is 1. The Balaban J connectivity index is 2.18. The highest BCUT2D eigenvalue weighted by atomic mass is 79.9. The zero-order chi connectivity index (χ0) is 7.14. The van der Waals surface area contributed by atoms with Gasteiger partial charge in [-0.1, -0.05) is 15.9 Å². The molecule has 2 aliphatic rings. The zero-order valence-electron chi connectivity index (χ0n) is 5.21. The first-order valence-electron chi connectivity index (χ1n) is 3.06. The molecule has 0 saturated carbocycles. The van der Waals surface area contributed by atoms with Gasteiger partial charge in [-0.05, 0) is 0 Å². The molecule has 0 aromatic carbocycles. The van der Waals surface area contributed by atoms with Crippen LogP contribution in [0.5, 0.6) is 0 Å². The fourth-order valence-electron chi connectivity index (χ4n) is 1.06. The molecule has 0 radical (unpaired) electrons. The number of hydrogen-bond acceptors (Lipinski definition) is 2. The normalized spacial score (nSPS) is 30.9. The maximum absolute atomic E-state index is 10.9. The van der Waals surface area contributed by atoms with E-state index < -0.39 is 0 Å². The van der Waals surface area contributed by atoms with Crippen molar-refractivity contribution in [2.45, 2.75) is 11.8 Å². The van der Waals surface area contributed by atoms with Crippen LogP contribution in [0.3, 0.4) is 0 Å². The number of carbonyl (C=O) groups excluding carboxylic acids is 1. The van der Waals surface area contributed by atoms with Crippen molar-refractivity contribution in [2.75, 3.05) is 5.75 Å². The molecule has 54 valence electrons. The first-order chi connectivity index (χ1) is 4.77. The molecule has 1 saturated heterocycles. The van der Waals surface area contributed by atoms with Crippen LogP contribution >= 0.6 is 27.7 Å². The Hall–Kier alpha value is 0.0400. The van der Waals surface area contributed by atoms with Gasteiger partial charge < -0.3 is 4.90 Å². The molecule has 2 nitrogen and oxygen atoms in total. The van der Waals surface area contributed by atoms with Crippen molar-refractivity contribution in [2.24, 2.45) is 0 Å². The molecule has 1 atom stereocenters. The third-order valence-corrected chi connectivity index (χ3v) is 3.75. The summed E-state index contributed by atoms with van der Waals surface area (Å²) in [6.07, 6.45) is 2.62. The van der Waals surface area contributed by atoms with Crippen molar-refractivity contribution >= 4 is 33.6 Å². The summed E-state index contributed by atoms with van der Waals surface area (Å²) in [6.45, 7) is 0. The third kappa shape index (κ3) is 0.900. The van der Waals surface area contributed by atoms with Crippen molar-refractivity contribution < 1.29 is 4.79 Å². The molecular weight excluding hydrogens is 214 g/mol. The van der Waals surface area contributed by atoms with Crippen LogP contribution in [-0.2, 0) is 4.79 Å². The molecule has 2 aliphatic heterocycles. The van der Waals surface area contributed by atoms with Crippen LogP contribution < -0.4 is 0 Å². The summed E-state index contributed by atoms with van der Waals surface area (Å²) >= 11 is 5.18. The van der Waals surface area contributed by atoms with Gasteiger partial charge in [0.05, 0.1) is 11.8 Å². The highest BCUT2D eigenvalue weighted by Gasteiger charge is 2.37. The average Bonchev–Trinajstić information content (AvgIpc) is 1.92. The number of halogens is 1.